The molecule has 19 heavy (non-hydrogen) atoms. The highest BCUT2D eigenvalue weighted by molar-refractivity contribution is 5.80. The lowest BCUT2D eigenvalue weighted by Crippen LogP contribution is -2.40. The molecule has 1 atom stereocenters. The summed E-state index contributed by atoms with van der Waals surface area (Å²) in [4.78, 5) is 6.72. The molecule has 0 aromatic heterocycles. The number of nitrogens with zero attached hydrogens (tertiary/aromatic N) is 2. The van der Waals surface area contributed by atoms with Crippen molar-refractivity contribution in [2.45, 2.75) is 45.6 Å². The summed E-state index contributed by atoms with van der Waals surface area (Å²) in [5.41, 5.74) is 0. The second-order valence-electron chi connectivity index (χ2n) is 4.94. The monoisotopic (exact) mass is 271 g/mol. The highest BCUT2D eigenvalue weighted by Gasteiger charge is 2.22. The van der Waals surface area contributed by atoms with E-state index in [-0.39, 0.29) is 6.10 Å². The first-order chi connectivity index (χ1) is 9.27. The molecule has 0 aromatic carbocycles. The Morgan fingerprint density at radius 2 is 2.16 bits per heavy atom. The number of nitrogens with one attached hydrogen (secondary N) is 1. The largest absolute Gasteiger partial charge is 0.391 e. The zero-order valence-electron chi connectivity index (χ0n) is 12.4. The van der Waals surface area contributed by atoms with Crippen LogP contribution in [0.15, 0.2) is 4.99 Å². The second-order valence-corrected chi connectivity index (χ2v) is 4.94. The molecule has 1 saturated heterocycles. The van der Waals surface area contributed by atoms with Crippen molar-refractivity contribution in [2.75, 3.05) is 39.4 Å². The van der Waals surface area contributed by atoms with Crippen molar-refractivity contribution in [3.63, 3.8) is 0 Å². The summed E-state index contributed by atoms with van der Waals surface area (Å²) in [6.07, 6.45) is 3.90. The van der Waals surface area contributed by atoms with Crippen LogP contribution in [0.2, 0.25) is 0 Å². The Balaban J connectivity index is 2.21. The van der Waals surface area contributed by atoms with Crippen molar-refractivity contribution in [1.82, 2.24) is 10.2 Å². The van der Waals surface area contributed by atoms with E-state index in [0.717, 1.165) is 58.1 Å². The minimum atomic E-state index is -0.207. The van der Waals surface area contributed by atoms with Gasteiger partial charge in [-0.15, -0.1) is 0 Å². The summed E-state index contributed by atoms with van der Waals surface area (Å²) >= 11 is 0. The summed E-state index contributed by atoms with van der Waals surface area (Å²) in [6.45, 7) is 9.10. The molecule has 5 nitrogen and oxygen atoms in total. The molecule has 112 valence electrons. The number of unbranched alkanes of at least 4 members (excludes halogenated alkanes) is 1. The Bertz CT molecular complexity index is 259. The van der Waals surface area contributed by atoms with E-state index in [0.29, 0.717) is 6.54 Å². The average molecular weight is 271 g/mol. The maximum Gasteiger partial charge on any atom is 0.194 e. The van der Waals surface area contributed by atoms with Gasteiger partial charge in [0.2, 0.25) is 0 Å². The number of ether oxygens (including phenoxy) is 1. The lowest BCUT2D eigenvalue weighted by Gasteiger charge is -2.20. The van der Waals surface area contributed by atoms with E-state index in [1.807, 2.05) is 0 Å². The fourth-order valence-electron chi connectivity index (χ4n) is 2.06. The van der Waals surface area contributed by atoms with Crippen molar-refractivity contribution in [2.24, 2.45) is 4.99 Å². The first kappa shape index (κ1) is 16.2. The van der Waals surface area contributed by atoms with Crippen LogP contribution in [0.3, 0.4) is 0 Å². The minimum Gasteiger partial charge on any atom is -0.391 e. The quantitative estimate of drug-likeness (QED) is 0.396. The molecule has 1 aliphatic rings. The molecule has 1 heterocycles. The molecule has 1 fully saturated rings. The number of β-amino-alcohol motifs (C(OH)–C–C–N with tert-alkyl or cyclic N) is 1. The summed E-state index contributed by atoms with van der Waals surface area (Å²) in [6, 6.07) is 0. The zero-order valence-corrected chi connectivity index (χ0v) is 12.4. The van der Waals surface area contributed by atoms with Gasteiger partial charge in [-0.3, -0.25) is 4.99 Å². The van der Waals surface area contributed by atoms with Gasteiger partial charge in [0, 0.05) is 39.4 Å². The molecule has 0 unspecified atom stereocenters. The first-order valence-electron chi connectivity index (χ1n) is 7.57. The number of hydrogen-bond donors (Lipinski definition) is 2. The van der Waals surface area contributed by atoms with Crippen LogP contribution in [-0.2, 0) is 4.74 Å². The minimum absolute atomic E-state index is 0.207. The number of aliphatic imine (C=N–C) groups is 1. The molecule has 0 aliphatic carbocycles. The van der Waals surface area contributed by atoms with Crippen molar-refractivity contribution in [1.29, 1.82) is 0 Å². The average Bonchev–Trinajstić information content (AvgIpc) is 2.83. The third-order valence-corrected chi connectivity index (χ3v) is 3.15. The van der Waals surface area contributed by atoms with Gasteiger partial charge < -0.3 is 20.1 Å². The number of likely N-dealkylation sites (tertiary alicyclic amines) is 1. The molecule has 2 N–H and O–H groups in total. The normalized spacial score (nSPS) is 20.1. The molecule has 1 rings (SSSR count). The highest BCUT2D eigenvalue weighted by atomic mass is 16.5. The SMILES string of the molecule is CCCCOCCCN=C(NCC)N1CC[C@@H](O)C1. The third-order valence-electron chi connectivity index (χ3n) is 3.15. The maximum atomic E-state index is 9.56. The predicted molar refractivity (Wildman–Crippen MR) is 78.5 cm³/mol. The first-order valence-corrected chi connectivity index (χ1v) is 7.57. The van der Waals surface area contributed by atoms with Gasteiger partial charge in [-0.2, -0.15) is 0 Å². The van der Waals surface area contributed by atoms with Crippen LogP contribution in [0.25, 0.3) is 0 Å². The second kappa shape index (κ2) is 10.0. The molecule has 0 spiro atoms. The molecule has 0 aromatic rings. The molecule has 0 bridgehead atoms. The number of aliphatic hydroxyl groups is 1. The molecular weight excluding hydrogens is 242 g/mol. The van der Waals surface area contributed by atoms with Gasteiger partial charge >= 0.3 is 0 Å². The van der Waals surface area contributed by atoms with Crippen LogP contribution in [0.1, 0.15) is 39.5 Å². The van der Waals surface area contributed by atoms with Crippen molar-refractivity contribution in [3.05, 3.63) is 0 Å². The number of hydrogen-bond acceptors (Lipinski definition) is 3. The lowest BCUT2D eigenvalue weighted by molar-refractivity contribution is 0.130. The molecule has 0 saturated carbocycles. The van der Waals surface area contributed by atoms with Gasteiger partial charge in [0.25, 0.3) is 0 Å². The van der Waals surface area contributed by atoms with Crippen LogP contribution < -0.4 is 5.32 Å². The van der Waals surface area contributed by atoms with Gasteiger partial charge in [-0.05, 0) is 26.2 Å². The maximum absolute atomic E-state index is 9.56. The standard InChI is InChI=1S/C14H29N3O2/c1-3-5-10-19-11-6-8-16-14(15-4-2)17-9-7-13(18)12-17/h13,18H,3-12H2,1-2H3,(H,15,16)/t13-/m1/s1. The van der Waals surface area contributed by atoms with Crippen LogP contribution in [0.5, 0.6) is 0 Å². The highest BCUT2D eigenvalue weighted by Crippen LogP contribution is 2.08. The van der Waals surface area contributed by atoms with Crippen LogP contribution in [0, 0.1) is 0 Å². The van der Waals surface area contributed by atoms with Crippen LogP contribution in [-0.4, -0.2) is 61.5 Å². The van der Waals surface area contributed by atoms with Gasteiger partial charge in [-0.25, -0.2) is 0 Å². The van der Waals surface area contributed by atoms with Crippen LogP contribution in [0.4, 0.5) is 0 Å². The fourth-order valence-corrected chi connectivity index (χ4v) is 2.06. The molecular formula is C14H29N3O2. The van der Waals surface area contributed by atoms with Crippen molar-refractivity contribution < 1.29 is 9.84 Å². The Morgan fingerprint density at radius 3 is 2.79 bits per heavy atom. The van der Waals surface area contributed by atoms with E-state index >= 15 is 0 Å². The summed E-state index contributed by atoms with van der Waals surface area (Å²) in [5.74, 6) is 0.924. The molecule has 0 amide bonds. The van der Waals surface area contributed by atoms with E-state index in [1.165, 1.54) is 6.42 Å². The van der Waals surface area contributed by atoms with E-state index in [4.69, 9.17) is 4.74 Å². The van der Waals surface area contributed by atoms with Gasteiger partial charge in [0.05, 0.1) is 6.10 Å². The van der Waals surface area contributed by atoms with Crippen molar-refractivity contribution in [3.8, 4) is 0 Å². The summed E-state index contributed by atoms with van der Waals surface area (Å²) in [7, 11) is 0. The Hall–Kier alpha value is -0.810. The molecule has 5 heteroatoms. The van der Waals surface area contributed by atoms with Gasteiger partial charge in [-0.1, -0.05) is 13.3 Å². The Kier molecular flexibility index (Phi) is 8.58. The van der Waals surface area contributed by atoms with Crippen LogP contribution >= 0.6 is 0 Å². The van der Waals surface area contributed by atoms with E-state index < -0.39 is 0 Å². The number of rotatable bonds is 8. The van der Waals surface area contributed by atoms with E-state index in [2.05, 4.69) is 29.1 Å². The summed E-state index contributed by atoms with van der Waals surface area (Å²) in [5, 5.41) is 12.8. The van der Waals surface area contributed by atoms with Gasteiger partial charge in [0.15, 0.2) is 5.96 Å². The number of guanidine groups is 1. The fraction of sp³-hybridized carbons (Fsp3) is 0.929. The molecule has 1 aliphatic heterocycles. The van der Waals surface area contributed by atoms with E-state index in [1.54, 1.807) is 0 Å². The Morgan fingerprint density at radius 1 is 1.37 bits per heavy atom. The Labute approximate surface area is 117 Å². The van der Waals surface area contributed by atoms with Crippen molar-refractivity contribution >= 4 is 5.96 Å². The molecule has 0 radical (unpaired) electrons. The third kappa shape index (κ3) is 6.78. The zero-order chi connectivity index (χ0) is 13.9. The lowest BCUT2D eigenvalue weighted by atomic mass is 10.3. The predicted octanol–water partition coefficient (Wildman–Crippen LogP) is 1.23. The number of aliphatic hydroxyl groups excluding tert-OH is 1. The summed E-state index contributed by atoms with van der Waals surface area (Å²) < 4.78 is 5.52. The smallest absolute Gasteiger partial charge is 0.194 e. The van der Waals surface area contributed by atoms with Gasteiger partial charge in [0.1, 0.15) is 0 Å². The van der Waals surface area contributed by atoms with E-state index in [9.17, 15) is 5.11 Å². The topological polar surface area (TPSA) is 57.1 Å².